The van der Waals surface area contributed by atoms with Gasteiger partial charge in [0.1, 0.15) is 5.60 Å². The molecule has 0 bridgehead atoms. The Morgan fingerprint density at radius 2 is 1.79 bits per heavy atom. The van der Waals surface area contributed by atoms with E-state index < -0.39 is 0 Å². The SMILES string of the molecule is Cc1cc2c(NCc3ccncc3)cccc2c(OC(C)(C)C)n1. The number of nitrogens with one attached hydrogen (secondary N) is 1. The molecule has 1 aromatic carbocycles. The van der Waals surface area contributed by atoms with Gasteiger partial charge in [-0.15, -0.1) is 0 Å². The van der Waals surface area contributed by atoms with E-state index in [2.05, 4.69) is 33.5 Å². The smallest absolute Gasteiger partial charge is 0.222 e. The summed E-state index contributed by atoms with van der Waals surface area (Å²) in [5.41, 5.74) is 2.93. The van der Waals surface area contributed by atoms with Crippen molar-refractivity contribution in [1.29, 1.82) is 0 Å². The molecule has 0 aliphatic carbocycles. The number of anilines is 1. The van der Waals surface area contributed by atoms with Gasteiger partial charge >= 0.3 is 0 Å². The predicted octanol–water partition coefficient (Wildman–Crippen LogP) is 4.73. The van der Waals surface area contributed by atoms with E-state index in [4.69, 9.17) is 4.74 Å². The molecule has 2 heterocycles. The van der Waals surface area contributed by atoms with Crippen LogP contribution in [0.25, 0.3) is 10.8 Å². The number of hydrogen-bond donors (Lipinski definition) is 1. The fourth-order valence-corrected chi connectivity index (χ4v) is 2.59. The number of nitrogens with zero attached hydrogens (tertiary/aromatic N) is 2. The van der Waals surface area contributed by atoms with E-state index in [-0.39, 0.29) is 5.60 Å². The van der Waals surface area contributed by atoms with Crippen LogP contribution < -0.4 is 10.1 Å². The molecule has 0 aliphatic rings. The van der Waals surface area contributed by atoms with Crippen molar-refractivity contribution in [3.05, 3.63) is 60.0 Å². The molecular weight excluding hydrogens is 298 g/mol. The van der Waals surface area contributed by atoms with E-state index in [0.29, 0.717) is 5.88 Å². The summed E-state index contributed by atoms with van der Waals surface area (Å²) in [6, 6.07) is 12.3. The first kappa shape index (κ1) is 16.2. The fourth-order valence-electron chi connectivity index (χ4n) is 2.59. The van der Waals surface area contributed by atoms with Crippen molar-refractivity contribution in [3.8, 4) is 5.88 Å². The Kier molecular flexibility index (Phi) is 4.38. The second-order valence-electron chi connectivity index (χ2n) is 6.89. The predicted molar refractivity (Wildman–Crippen MR) is 98.4 cm³/mol. The first-order chi connectivity index (χ1) is 11.4. The van der Waals surface area contributed by atoms with Crippen LogP contribution in [0.2, 0.25) is 0 Å². The average molecular weight is 321 g/mol. The van der Waals surface area contributed by atoms with Crippen molar-refractivity contribution in [2.24, 2.45) is 0 Å². The van der Waals surface area contributed by atoms with Crippen LogP contribution in [0.15, 0.2) is 48.8 Å². The number of rotatable bonds is 4. The van der Waals surface area contributed by atoms with Crippen molar-refractivity contribution < 1.29 is 4.74 Å². The Morgan fingerprint density at radius 3 is 2.50 bits per heavy atom. The maximum Gasteiger partial charge on any atom is 0.222 e. The normalized spacial score (nSPS) is 11.5. The minimum atomic E-state index is -0.284. The van der Waals surface area contributed by atoms with Crippen molar-refractivity contribution in [2.45, 2.75) is 39.8 Å². The van der Waals surface area contributed by atoms with E-state index in [1.165, 1.54) is 5.56 Å². The zero-order valence-electron chi connectivity index (χ0n) is 14.6. The Hall–Kier alpha value is -2.62. The number of pyridine rings is 2. The van der Waals surface area contributed by atoms with Crippen LogP contribution >= 0.6 is 0 Å². The average Bonchev–Trinajstić information content (AvgIpc) is 2.52. The Labute approximate surface area is 142 Å². The minimum absolute atomic E-state index is 0.284. The first-order valence-electron chi connectivity index (χ1n) is 8.14. The van der Waals surface area contributed by atoms with Crippen LogP contribution in [0.1, 0.15) is 32.0 Å². The van der Waals surface area contributed by atoms with Crippen LogP contribution in [0.4, 0.5) is 5.69 Å². The van der Waals surface area contributed by atoms with Crippen LogP contribution in [0.3, 0.4) is 0 Å². The highest BCUT2D eigenvalue weighted by Gasteiger charge is 2.16. The van der Waals surface area contributed by atoms with Gasteiger partial charge in [-0.3, -0.25) is 4.98 Å². The number of hydrogen-bond acceptors (Lipinski definition) is 4. The van der Waals surface area contributed by atoms with E-state index in [1.54, 1.807) is 0 Å². The van der Waals surface area contributed by atoms with Crippen molar-refractivity contribution in [3.63, 3.8) is 0 Å². The molecule has 0 spiro atoms. The van der Waals surface area contributed by atoms with Crippen molar-refractivity contribution in [2.75, 3.05) is 5.32 Å². The van der Waals surface area contributed by atoms with Gasteiger partial charge in [-0.2, -0.15) is 0 Å². The lowest BCUT2D eigenvalue weighted by molar-refractivity contribution is 0.126. The third-order valence-electron chi connectivity index (χ3n) is 3.60. The molecule has 0 aliphatic heterocycles. The van der Waals surface area contributed by atoms with Gasteiger partial charge < -0.3 is 10.1 Å². The maximum absolute atomic E-state index is 6.07. The monoisotopic (exact) mass is 321 g/mol. The largest absolute Gasteiger partial charge is 0.471 e. The zero-order chi connectivity index (χ0) is 17.2. The molecule has 0 fully saturated rings. The topological polar surface area (TPSA) is 47.0 Å². The number of ether oxygens (including phenoxy) is 1. The Balaban J connectivity index is 1.97. The molecule has 24 heavy (non-hydrogen) atoms. The molecule has 1 N–H and O–H groups in total. The summed E-state index contributed by atoms with van der Waals surface area (Å²) < 4.78 is 6.07. The number of benzene rings is 1. The zero-order valence-corrected chi connectivity index (χ0v) is 14.6. The van der Waals surface area contributed by atoms with Crippen molar-refractivity contribution in [1.82, 2.24) is 9.97 Å². The van der Waals surface area contributed by atoms with Gasteiger partial charge in [-0.25, -0.2) is 4.98 Å². The van der Waals surface area contributed by atoms with E-state index in [1.807, 2.05) is 58.3 Å². The lowest BCUT2D eigenvalue weighted by atomic mass is 10.1. The summed E-state index contributed by atoms with van der Waals surface area (Å²) >= 11 is 0. The lowest BCUT2D eigenvalue weighted by Crippen LogP contribution is -2.23. The molecule has 0 saturated heterocycles. The molecule has 4 heteroatoms. The molecule has 124 valence electrons. The summed E-state index contributed by atoms with van der Waals surface area (Å²) in [5.74, 6) is 0.685. The second kappa shape index (κ2) is 6.48. The number of aromatic nitrogens is 2. The highest BCUT2D eigenvalue weighted by molar-refractivity contribution is 5.97. The fraction of sp³-hybridized carbons (Fsp3) is 0.300. The Morgan fingerprint density at radius 1 is 1.04 bits per heavy atom. The first-order valence-corrected chi connectivity index (χ1v) is 8.14. The van der Waals surface area contributed by atoms with E-state index in [0.717, 1.165) is 28.7 Å². The van der Waals surface area contributed by atoms with Gasteiger partial charge in [0.25, 0.3) is 0 Å². The molecule has 3 rings (SSSR count). The highest BCUT2D eigenvalue weighted by atomic mass is 16.5. The summed E-state index contributed by atoms with van der Waals surface area (Å²) in [5, 5.41) is 5.66. The van der Waals surface area contributed by atoms with Gasteiger partial charge in [0.05, 0.1) is 0 Å². The lowest BCUT2D eigenvalue weighted by Gasteiger charge is -2.22. The highest BCUT2D eigenvalue weighted by Crippen LogP contribution is 2.32. The van der Waals surface area contributed by atoms with E-state index in [9.17, 15) is 0 Å². The molecule has 2 aromatic heterocycles. The molecular formula is C20H23N3O. The van der Waals surface area contributed by atoms with Gasteiger partial charge in [0.15, 0.2) is 0 Å². The summed E-state index contributed by atoms with van der Waals surface area (Å²) in [6.45, 7) is 8.85. The molecule has 0 amide bonds. The molecule has 0 atom stereocenters. The number of fused-ring (bicyclic) bond motifs is 1. The van der Waals surface area contributed by atoms with Gasteiger partial charge in [-0.05, 0) is 63.6 Å². The number of aryl methyl sites for hydroxylation is 1. The molecule has 0 radical (unpaired) electrons. The summed E-state index contributed by atoms with van der Waals surface area (Å²) in [4.78, 5) is 8.64. The maximum atomic E-state index is 6.07. The molecule has 4 nitrogen and oxygen atoms in total. The van der Waals surface area contributed by atoms with Gasteiger partial charge in [0, 0.05) is 41.1 Å². The van der Waals surface area contributed by atoms with Gasteiger partial charge in [0.2, 0.25) is 5.88 Å². The third-order valence-corrected chi connectivity index (χ3v) is 3.60. The van der Waals surface area contributed by atoms with Crippen LogP contribution in [-0.2, 0) is 6.54 Å². The van der Waals surface area contributed by atoms with Crippen LogP contribution in [-0.4, -0.2) is 15.6 Å². The minimum Gasteiger partial charge on any atom is -0.471 e. The van der Waals surface area contributed by atoms with E-state index >= 15 is 0 Å². The molecule has 3 aromatic rings. The second-order valence-corrected chi connectivity index (χ2v) is 6.89. The molecule has 0 saturated carbocycles. The van der Waals surface area contributed by atoms with Gasteiger partial charge in [-0.1, -0.05) is 6.07 Å². The summed E-state index contributed by atoms with van der Waals surface area (Å²) in [6.07, 6.45) is 3.62. The Bertz CT molecular complexity index is 839. The van der Waals surface area contributed by atoms with Crippen LogP contribution in [0, 0.1) is 6.92 Å². The third kappa shape index (κ3) is 3.82. The van der Waals surface area contributed by atoms with Crippen LogP contribution in [0.5, 0.6) is 5.88 Å². The molecule has 0 unspecified atom stereocenters. The standard InChI is InChI=1S/C20H23N3O/c1-14-12-17-16(19(23-14)24-20(2,3)4)6-5-7-18(17)22-13-15-8-10-21-11-9-15/h5-12,22H,13H2,1-4H3. The van der Waals surface area contributed by atoms with Crippen molar-refractivity contribution >= 4 is 16.5 Å². The summed E-state index contributed by atoms with van der Waals surface area (Å²) in [7, 11) is 0. The quantitative estimate of drug-likeness (QED) is 0.755.